The fourth-order valence-corrected chi connectivity index (χ4v) is 3.32. The van der Waals surface area contributed by atoms with E-state index in [2.05, 4.69) is 24.1 Å². The maximum atomic E-state index is 12.3. The van der Waals surface area contributed by atoms with E-state index in [1.807, 2.05) is 0 Å². The number of nitrogens with one attached hydrogen (secondary N) is 1. The molecule has 0 heterocycles. The van der Waals surface area contributed by atoms with E-state index >= 15 is 0 Å². The van der Waals surface area contributed by atoms with Gasteiger partial charge in [-0.25, -0.2) is 12.7 Å². The van der Waals surface area contributed by atoms with Crippen LogP contribution in [-0.4, -0.2) is 63.8 Å². The standard InChI is InChI=1S/C16H26ClN3O3S/c1-5-20(6-2)11-7-10-18-16(21)14-12-13(8-9-15(14)17)24(22,23)19(3)4/h8-9,12H,5-7,10-11H2,1-4H3,(H,18,21). The number of halogens is 1. The normalized spacial score (nSPS) is 12.0. The second-order valence-corrected chi connectivity index (χ2v) is 8.12. The molecule has 24 heavy (non-hydrogen) atoms. The number of carbonyl (C=O) groups excluding carboxylic acids is 1. The molecule has 0 aliphatic carbocycles. The van der Waals surface area contributed by atoms with Crippen LogP contribution in [0.4, 0.5) is 0 Å². The lowest BCUT2D eigenvalue weighted by Gasteiger charge is -2.18. The molecule has 0 spiro atoms. The van der Waals surface area contributed by atoms with Crippen LogP contribution in [-0.2, 0) is 10.0 Å². The average Bonchev–Trinajstić information content (AvgIpc) is 2.54. The van der Waals surface area contributed by atoms with Crippen LogP contribution < -0.4 is 5.32 Å². The number of rotatable bonds is 9. The summed E-state index contributed by atoms with van der Waals surface area (Å²) < 4.78 is 25.4. The van der Waals surface area contributed by atoms with Crippen LogP contribution in [0.5, 0.6) is 0 Å². The zero-order valence-corrected chi connectivity index (χ0v) is 16.2. The Labute approximate surface area is 149 Å². The van der Waals surface area contributed by atoms with Gasteiger partial charge in [0, 0.05) is 20.6 Å². The molecular weight excluding hydrogens is 350 g/mol. The van der Waals surface area contributed by atoms with Crippen molar-refractivity contribution in [2.24, 2.45) is 0 Å². The summed E-state index contributed by atoms with van der Waals surface area (Å²) in [6.07, 6.45) is 0.820. The van der Waals surface area contributed by atoms with Crippen molar-refractivity contribution in [1.82, 2.24) is 14.5 Å². The summed E-state index contributed by atoms with van der Waals surface area (Å²) in [6, 6.07) is 4.15. The first-order valence-corrected chi connectivity index (χ1v) is 9.78. The lowest BCUT2D eigenvalue weighted by molar-refractivity contribution is 0.0951. The lowest BCUT2D eigenvalue weighted by Crippen LogP contribution is -2.30. The molecule has 0 aromatic heterocycles. The van der Waals surface area contributed by atoms with E-state index in [0.29, 0.717) is 6.54 Å². The number of hydrogen-bond donors (Lipinski definition) is 1. The molecule has 0 fully saturated rings. The Balaban J connectivity index is 2.77. The van der Waals surface area contributed by atoms with Crippen molar-refractivity contribution < 1.29 is 13.2 Å². The quantitative estimate of drug-likeness (QED) is 0.670. The van der Waals surface area contributed by atoms with Gasteiger partial charge in [-0.15, -0.1) is 0 Å². The van der Waals surface area contributed by atoms with Gasteiger partial charge in [0.2, 0.25) is 10.0 Å². The van der Waals surface area contributed by atoms with Crippen LogP contribution in [0.3, 0.4) is 0 Å². The van der Waals surface area contributed by atoms with Crippen LogP contribution in [0.15, 0.2) is 23.1 Å². The molecular formula is C16H26ClN3O3S. The van der Waals surface area contributed by atoms with Crippen molar-refractivity contribution in [3.05, 3.63) is 28.8 Å². The summed E-state index contributed by atoms with van der Waals surface area (Å²) in [5, 5.41) is 3.02. The largest absolute Gasteiger partial charge is 0.352 e. The molecule has 0 aliphatic heterocycles. The second-order valence-electron chi connectivity index (χ2n) is 5.57. The van der Waals surface area contributed by atoms with Gasteiger partial charge in [0.15, 0.2) is 0 Å². The molecule has 1 aromatic carbocycles. The predicted octanol–water partition coefficient (Wildman–Crippen LogP) is 2.05. The van der Waals surface area contributed by atoms with E-state index in [4.69, 9.17) is 11.6 Å². The minimum absolute atomic E-state index is 0.0465. The Morgan fingerprint density at radius 1 is 1.21 bits per heavy atom. The Kier molecular flexibility index (Phi) is 8.15. The van der Waals surface area contributed by atoms with Gasteiger partial charge in [0.05, 0.1) is 15.5 Å². The number of sulfonamides is 1. The van der Waals surface area contributed by atoms with Crippen molar-refractivity contribution >= 4 is 27.5 Å². The topological polar surface area (TPSA) is 69.7 Å². The molecule has 0 atom stereocenters. The first-order chi connectivity index (χ1) is 11.2. The fraction of sp³-hybridized carbons (Fsp3) is 0.562. The van der Waals surface area contributed by atoms with Crippen molar-refractivity contribution in [3.8, 4) is 0 Å². The molecule has 0 saturated carbocycles. The highest BCUT2D eigenvalue weighted by molar-refractivity contribution is 7.89. The number of hydrogen-bond acceptors (Lipinski definition) is 4. The van der Waals surface area contributed by atoms with Crippen molar-refractivity contribution in [3.63, 3.8) is 0 Å². The summed E-state index contributed by atoms with van der Waals surface area (Å²) in [6.45, 7) is 7.55. The van der Waals surface area contributed by atoms with Crippen LogP contribution in [0.2, 0.25) is 5.02 Å². The number of carbonyl (C=O) groups is 1. The monoisotopic (exact) mass is 375 g/mol. The summed E-state index contributed by atoms with van der Waals surface area (Å²) in [7, 11) is -0.722. The van der Waals surface area contributed by atoms with Gasteiger partial charge in [-0.05, 0) is 44.3 Å². The number of benzene rings is 1. The Morgan fingerprint density at radius 3 is 2.38 bits per heavy atom. The molecule has 0 unspecified atom stereocenters. The highest BCUT2D eigenvalue weighted by Gasteiger charge is 2.20. The Morgan fingerprint density at radius 2 is 1.83 bits per heavy atom. The third-order valence-electron chi connectivity index (χ3n) is 3.79. The van der Waals surface area contributed by atoms with Crippen molar-refractivity contribution in [1.29, 1.82) is 0 Å². The van der Waals surface area contributed by atoms with E-state index in [1.165, 1.54) is 32.3 Å². The highest BCUT2D eigenvalue weighted by Crippen LogP contribution is 2.22. The Hall–Kier alpha value is -1.15. The van der Waals surface area contributed by atoms with Gasteiger partial charge < -0.3 is 10.2 Å². The second kappa shape index (κ2) is 9.36. The molecule has 8 heteroatoms. The van der Waals surface area contributed by atoms with Crippen LogP contribution in [0, 0.1) is 0 Å². The molecule has 1 rings (SSSR count). The van der Waals surface area contributed by atoms with Crippen molar-refractivity contribution in [2.45, 2.75) is 25.2 Å². The molecule has 1 N–H and O–H groups in total. The van der Waals surface area contributed by atoms with Crippen LogP contribution >= 0.6 is 11.6 Å². The average molecular weight is 376 g/mol. The molecule has 1 amide bonds. The van der Waals surface area contributed by atoms with Gasteiger partial charge in [0.25, 0.3) is 5.91 Å². The van der Waals surface area contributed by atoms with E-state index < -0.39 is 10.0 Å². The first-order valence-electron chi connectivity index (χ1n) is 7.96. The fourth-order valence-electron chi connectivity index (χ4n) is 2.19. The van der Waals surface area contributed by atoms with Crippen LogP contribution in [0.1, 0.15) is 30.6 Å². The zero-order valence-electron chi connectivity index (χ0n) is 14.7. The third-order valence-corrected chi connectivity index (χ3v) is 5.93. The van der Waals surface area contributed by atoms with Crippen LogP contribution in [0.25, 0.3) is 0 Å². The SMILES string of the molecule is CCN(CC)CCCNC(=O)c1cc(S(=O)(=O)N(C)C)ccc1Cl. The van der Waals surface area contributed by atoms with Gasteiger partial charge >= 0.3 is 0 Å². The first kappa shape index (κ1) is 20.9. The lowest BCUT2D eigenvalue weighted by atomic mass is 10.2. The maximum Gasteiger partial charge on any atom is 0.252 e. The van der Waals surface area contributed by atoms with E-state index in [-0.39, 0.29) is 21.4 Å². The highest BCUT2D eigenvalue weighted by atomic mass is 35.5. The van der Waals surface area contributed by atoms with E-state index in [9.17, 15) is 13.2 Å². The molecule has 6 nitrogen and oxygen atoms in total. The molecule has 136 valence electrons. The summed E-state index contributed by atoms with van der Waals surface area (Å²) in [4.78, 5) is 14.6. The minimum atomic E-state index is -3.60. The Bertz CT molecular complexity index is 659. The van der Waals surface area contributed by atoms with E-state index in [1.54, 1.807) is 0 Å². The van der Waals surface area contributed by atoms with Gasteiger partial charge in [0.1, 0.15) is 0 Å². The molecule has 0 aliphatic rings. The maximum absolute atomic E-state index is 12.3. The minimum Gasteiger partial charge on any atom is -0.352 e. The van der Waals surface area contributed by atoms with E-state index in [0.717, 1.165) is 30.4 Å². The van der Waals surface area contributed by atoms with Gasteiger partial charge in [-0.2, -0.15) is 0 Å². The summed E-state index contributed by atoms with van der Waals surface area (Å²) in [5.74, 6) is -0.365. The molecule has 0 bridgehead atoms. The summed E-state index contributed by atoms with van der Waals surface area (Å²) in [5.41, 5.74) is 0.169. The zero-order chi connectivity index (χ0) is 18.3. The molecule has 0 radical (unpaired) electrons. The van der Waals surface area contributed by atoms with Gasteiger partial charge in [-0.1, -0.05) is 25.4 Å². The molecule has 1 aromatic rings. The third kappa shape index (κ3) is 5.44. The predicted molar refractivity (Wildman–Crippen MR) is 97.1 cm³/mol. The van der Waals surface area contributed by atoms with Crippen molar-refractivity contribution in [2.75, 3.05) is 40.3 Å². The number of amides is 1. The number of nitrogens with zero attached hydrogens (tertiary/aromatic N) is 2. The molecule has 0 saturated heterocycles. The smallest absolute Gasteiger partial charge is 0.252 e. The van der Waals surface area contributed by atoms with Gasteiger partial charge in [-0.3, -0.25) is 4.79 Å². The summed E-state index contributed by atoms with van der Waals surface area (Å²) >= 11 is 6.05.